The van der Waals surface area contributed by atoms with Crippen molar-refractivity contribution in [2.75, 3.05) is 17.7 Å². The molecule has 0 aromatic heterocycles. The van der Waals surface area contributed by atoms with E-state index in [-0.39, 0.29) is 0 Å². The molecule has 0 bridgehead atoms. The molecular formula is C13H17N3. The van der Waals surface area contributed by atoms with E-state index in [1.807, 2.05) is 18.2 Å². The van der Waals surface area contributed by atoms with Gasteiger partial charge in [0, 0.05) is 24.5 Å². The van der Waals surface area contributed by atoms with Gasteiger partial charge >= 0.3 is 0 Å². The number of nitrogen functional groups attached to an aromatic ring is 1. The van der Waals surface area contributed by atoms with E-state index in [0.717, 1.165) is 11.6 Å². The minimum Gasteiger partial charge on any atom is -0.398 e. The highest BCUT2D eigenvalue weighted by Gasteiger charge is 2.30. The van der Waals surface area contributed by atoms with Crippen LogP contribution < -0.4 is 10.6 Å². The molecule has 1 aromatic carbocycles. The zero-order valence-corrected chi connectivity index (χ0v) is 9.77. The molecule has 1 aliphatic carbocycles. The van der Waals surface area contributed by atoms with E-state index in [0.29, 0.717) is 17.3 Å². The first-order valence-corrected chi connectivity index (χ1v) is 5.66. The van der Waals surface area contributed by atoms with Crippen molar-refractivity contribution in [1.82, 2.24) is 0 Å². The summed E-state index contributed by atoms with van der Waals surface area (Å²) in [6.45, 7) is 2.24. The van der Waals surface area contributed by atoms with Crippen LogP contribution in [0.2, 0.25) is 0 Å². The summed E-state index contributed by atoms with van der Waals surface area (Å²) in [5.41, 5.74) is 7.90. The Labute approximate surface area is 96.5 Å². The van der Waals surface area contributed by atoms with Gasteiger partial charge in [0.15, 0.2) is 0 Å². The smallest absolute Gasteiger partial charge is 0.101 e. The molecule has 1 unspecified atom stereocenters. The summed E-state index contributed by atoms with van der Waals surface area (Å²) in [5.74, 6) is 0.813. The van der Waals surface area contributed by atoms with Crippen molar-refractivity contribution in [2.45, 2.75) is 25.8 Å². The minimum atomic E-state index is 0.537. The summed E-state index contributed by atoms with van der Waals surface area (Å²) in [6, 6.07) is 8.32. The summed E-state index contributed by atoms with van der Waals surface area (Å²) in [4.78, 5) is 2.23. The van der Waals surface area contributed by atoms with Gasteiger partial charge in [-0.05, 0) is 43.9 Å². The first-order chi connectivity index (χ1) is 7.63. The molecule has 0 aliphatic heterocycles. The molecule has 1 fully saturated rings. The molecular weight excluding hydrogens is 198 g/mol. The number of anilines is 2. The average molecular weight is 215 g/mol. The van der Waals surface area contributed by atoms with Gasteiger partial charge in [0.05, 0.1) is 5.56 Å². The summed E-state index contributed by atoms with van der Waals surface area (Å²) < 4.78 is 0. The highest BCUT2D eigenvalue weighted by molar-refractivity contribution is 5.62. The Morgan fingerprint density at radius 2 is 2.19 bits per heavy atom. The second kappa shape index (κ2) is 4.05. The lowest BCUT2D eigenvalue weighted by atomic mass is 10.1. The number of nitrogens with two attached hydrogens (primary N) is 1. The van der Waals surface area contributed by atoms with E-state index in [4.69, 9.17) is 11.0 Å². The van der Waals surface area contributed by atoms with Crippen LogP contribution in [0.15, 0.2) is 18.2 Å². The van der Waals surface area contributed by atoms with E-state index in [2.05, 4.69) is 24.9 Å². The number of benzene rings is 1. The first kappa shape index (κ1) is 10.8. The van der Waals surface area contributed by atoms with Gasteiger partial charge in [-0.3, -0.25) is 0 Å². The fourth-order valence-electron chi connectivity index (χ4n) is 1.99. The van der Waals surface area contributed by atoms with Gasteiger partial charge in [-0.25, -0.2) is 0 Å². The summed E-state index contributed by atoms with van der Waals surface area (Å²) >= 11 is 0. The molecule has 2 rings (SSSR count). The van der Waals surface area contributed by atoms with Crippen LogP contribution in [0, 0.1) is 17.2 Å². The maximum atomic E-state index is 8.94. The molecule has 84 valence electrons. The Kier molecular flexibility index (Phi) is 2.74. The van der Waals surface area contributed by atoms with E-state index in [9.17, 15) is 0 Å². The molecule has 2 N–H and O–H groups in total. The van der Waals surface area contributed by atoms with E-state index in [1.165, 1.54) is 12.8 Å². The second-order valence-electron chi connectivity index (χ2n) is 4.57. The highest BCUT2D eigenvalue weighted by Crippen LogP contribution is 2.36. The quantitative estimate of drug-likeness (QED) is 0.787. The molecule has 1 aromatic rings. The number of nitriles is 1. The van der Waals surface area contributed by atoms with Crippen LogP contribution >= 0.6 is 0 Å². The molecule has 1 aliphatic rings. The fraction of sp³-hybridized carbons (Fsp3) is 0.462. The van der Waals surface area contributed by atoms with Crippen LogP contribution in [0.4, 0.5) is 11.4 Å². The van der Waals surface area contributed by atoms with E-state index >= 15 is 0 Å². The van der Waals surface area contributed by atoms with Gasteiger partial charge in [0.25, 0.3) is 0 Å². The lowest BCUT2D eigenvalue weighted by Crippen LogP contribution is -2.30. The van der Waals surface area contributed by atoms with Crippen molar-refractivity contribution in [3.63, 3.8) is 0 Å². The van der Waals surface area contributed by atoms with Gasteiger partial charge in [0.1, 0.15) is 6.07 Å². The Balaban J connectivity index is 2.23. The third-order valence-electron chi connectivity index (χ3n) is 3.48. The Morgan fingerprint density at radius 3 is 2.75 bits per heavy atom. The van der Waals surface area contributed by atoms with Crippen LogP contribution in [0.25, 0.3) is 0 Å². The third kappa shape index (κ3) is 1.96. The molecule has 0 spiro atoms. The van der Waals surface area contributed by atoms with Gasteiger partial charge < -0.3 is 10.6 Å². The Bertz CT molecular complexity index is 429. The van der Waals surface area contributed by atoms with E-state index < -0.39 is 0 Å². The number of rotatable bonds is 3. The second-order valence-corrected chi connectivity index (χ2v) is 4.57. The van der Waals surface area contributed by atoms with Crippen LogP contribution in [0.1, 0.15) is 25.3 Å². The molecule has 16 heavy (non-hydrogen) atoms. The number of nitrogens with zero attached hydrogens (tertiary/aromatic N) is 2. The summed E-state index contributed by atoms with van der Waals surface area (Å²) in [6.07, 6.45) is 2.65. The summed E-state index contributed by atoms with van der Waals surface area (Å²) in [5, 5.41) is 8.94. The van der Waals surface area contributed by atoms with Crippen molar-refractivity contribution in [3.05, 3.63) is 23.8 Å². The fourth-order valence-corrected chi connectivity index (χ4v) is 1.99. The molecule has 1 atom stereocenters. The molecule has 1 saturated carbocycles. The third-order valence-corrected chi connectivity index (χ3v) is 3.48. The first-order valence-electron chi connectivity index (χ1n) is 5.66. The molecule has 0 heterocycles. The topological polar surface area (TPSA) is 53.0 Å². The van der Waals surface area contributed by atoms with Crippen molar-refractivity contribution >= 4 is 11.4 Å². The number of hydrogen-bond donors (Lipinski definition) is 1. The van der Waals surface area contributed by atoms with Gasteiger partial charge in [-0.1, -0.05) is 0 Å². The van der Waals surface area contributed by atoms with Crippen molar-refractivity contribution < 1.29 is 0 Å². The zero-order chi connectivity index (χ0) is 11.7. The molecule has 0 saturated heterocycles. The maximum absolute atomic E-state index is 8.94. The molecule has 3 nitrogen and oxygen atoms in total. The predicted octanol–water partition coefficient (Wildman–Crippen LogP) is 2.38. The zero-order valence-electron chi connectivity index (χ0n) is 9.77. The van der Waals surface area contributed by atoms with Gasteiger partial charge in [-0.15, -0.1) is 0 Å². The Morgan fingerprint density at radius 1 is 1.50 bits per heavy atom. The van der Waals surface area contributed by atoms with Gasteiger partial charge in [0.2, 0.25) is 0 Å². The molecule has 3 heteroatoms. The number of hydrogen-bond acceptors (Lipinski definition) is 3. The standard InChI is InChI=1S/C13H17N3/c1-9(10-3-4-10)16(2)12-5-6-13(15)11(7-12)8-14/h5-7,9-10H,3-4,15H2,1-2H3. The van der Waals surface area contributed by atoms with Crippen molar-refractivity contribution in [3.8, 4) is 6.07 Å². The van der Waals surface area contributed by atoms with Crippen molar-refractivity contribution in [1.29, 1.82) is 5.26 Å². The normalized spacial score (nSPS) is 16.6. The molecule has 0 amide bonds. The lowest BCUT2D eigenvalue weighted by molar-refractivity contribution is 0.609. The molecule has 0 radical (unpaired) electrons. The van der Waals surface area contributed by atoms with Gasteiger partial charge in [-0.2, -0.15) is 5.26 Å². The maximum Gasteiger partial charge on any atom is 0.101 e. The van der Waals surface area contributed by atoms with E-state index in [1.54, 1.807) is 0 Å². The minimum absolute atomic E-state index is 0.537. The average Bonchev–Trinajstić information content (AvgIpc) is 3.11. The SMILES string of the molecule is CC(C1CC1)N(C)c1ccc(N)c(C#N)c1. The van der Waals surface area contributed by atoms with Crippen LogP contribution in [-0.4, -0.2) is 13.1 Å². The lowest BCUT2D eigenvalue weighted by Gasteiger charge is -2.27. The highest BCUT2D eigenvalue weighted by atomic mass is 15.1. The van der Waals surface area contributed by atoms with Crippen molar-refractivity contribution in [2.24, 2.45) is 5.92 Å². The van der Waals surface area contributed by atoms with Crippen LogP contribution in [0.3, 0.4) is 0 Å². The van der Waals surface area contributed by atoms with Crippen LogP contribution in [0.5, 0.6) is 0 Å². The largest absolute Gasteiger partial charge is 0.398 e. The predicted molar refractivity (Wildman–Crippen MR) is 66.2 cm³/mol. The van der Waals surface area contributed by atoms with Crippen LogP contribution in [-0.2, 0) is 0 Å². The Hall–Kier alpha value is -1.69. The summed E-state index contributed by atoms with van der Waals surface area (Å²) in [7, 11) is 2.08. The monoisotopic (exact) mass is 215 g/mol.